The molecule has 8 heteroatoms. The third-order valence-electron chi connectivity index (χ3n) is 5.09. The Morgan fingerprint density at radius 2 is 1.40 bits per heavy atom. The van der Waals surface area contributed by atoms with Gasteiger partial charge in [-0.15, -0.1) is 11.8 Å². The maximum Gasteiger partial charge on any atom is 0.335 e. The van der Waals surface area contributed by atoms with Crippen LogP contribution in [0.5, 0.6) is 11.5 Å². The van der Waals surface area contributed by atoms with E-state index in [4.69, 9.17) is 14.6 Å². The first-order valence-corrected chi connectivity index (χ1v) is 12.0. The van der Waals surface area contributed by atoms with Crippen molar-refractivity contribution < 1.29 is 29.0 Å². The molecule has 7 nitrogen and oxygen atoms in total. The van der Waals surface area contributed by atoms with Crippen LogP contribution in [0.3, 0.4) is 0 Å². The maximum absolute atomic E-state index is 12.4. The van der Waals surface area contributed by atoms with Crippen LogP contribution in [0.4, 0.5) is 0 Å². The van der Waals surface area contributed by atoms with Crippen LogP contribution in [-0.2, 0) is 16.0 Å². The Balaban J connectivity index is 1.35. The summed E-state index contributed by atoms with van der Waals surface area (Å²) < 4.78 is 10.9. The molecule has 1 N–H and O–H groups in total. The first kappa shape index (κ1) is 25.8. The smallest absolute Gasteiger partial charge is 0.335 e. The number of likely N-dealkylation sites (N-methyl/N-ethyl adjacent to an activating group) is 1. The number of carbonyl (C=O) groups excluding carboxylic acids is 2. The Hall–Kier alpha value is -3.78. The molecule has 182 valence electrons. The molecule has 35 heavy (non-hydrogen) atoms. The lowest BCUT2D eigenvalue weighted by molar-refractivity contribution is -0.127. The van der Waals surface area contributed by atoms with Crippen LogP contribution in [0.1, 0.15) is 15.9 Å². The van der Waals surface area contributed by atoms with Crippen LogP contribution < -0.4 is 9.47 Å². The van der Waals surface area contributed by atoms with Crippen molar-refractivity contribution in [3.63, 3.8) is 0 Å². The minimum atomic E-state index is -1.02. The number of benzene rings is 3. The zero-order chi connectivity index (χ0) is 25.0. The van der Waals surface area contributed by atoms with E-state index in [9.17, 15) is 14.4 Å². The summed E-state index contributed by atoms with van der Waals surface area (Å²) >= 11 is 1.45. The van der Waals surface area contributed by atoms with Crippen LogP contribution in [0, 0.1) is 0 Å². The summed E-state index contributed by atoms with van der Waals surface area (Å²) in [5, 5.41) is 8.89. The van der Waals surface area contributed by atoms with Crippen molar-refractivity contribution in [3.05, 3.63) is 90.0 Å². The Morgan fingerprint density at radius 3 is 1.97 bits per heavy atom. The van der Waals surface area contributed by atoms with E-state index in [1.165, 1.54) is 41.6 Å². The summed E-state index contributed by atoms with van der Waals surface area (Å²) in [5.41, 5.74) is 1.35. The van der Waals surface area contributed by atoms with Gasteiger partial charge in [0.05, 0.1) is 11.3 Å². The van der Waals surface area contributed by atoms with Gasteiger partial charge in [0.1, 0.15) is 24.7 Å². The molecule has 0 heterocycles. The molecule has 0 atom stereocenters. The summed E-state index contributed by atoms with van der Waals surface area (Å²) in [6.07, 6.45) is 0.820. The van der Waals surface area contributed by atoms with E-state index in [0.29, 0.717) is 23.8 Å². The quantitative estimate of drug-likeness (QED) is 0.357. The van der Waals surface area contributed by atoms with E-state index in [2.05, 4.69) is 12.1 Å². The molecule has 0 spiro atoms. The molecular formula is C27H27NO6S. The van der Waals surface area contributed by atoms with E-state index in [0.717, 1.165) is 11.3 Å². The number of thioether (sulfide) groups is 1. The minimum absolute atomic E-state index is 0.0643. The van der Waals surface area contributed by atoms with Crippen molar-refractivity contribution in [1.29, 1.82) is 0 Å². The van der Waals surface area contributed by atoms with E-state index >= 15 is 0 Å². The van der Waals surface area contributed by atoms with Crippen LogP contribution >= 0.6 is 11.8 Å². The van der Waals surface area contributed by atoms with Gasteiger partial charge in [-0.1, -0.05) is 30.3 Å². The number of aromatic carboxylic acids is 1. The van der Waals surface area contributed by atoms with Gasteiger partial charge < -0.3 is 19.5 Å². The number of carboxylic acid groups (broad SMARTS) is 1. The molecule has 1 amide bonds. The highest BCUT2D eigenvalue weighted by Gasteiger charge is 2.10. The van der Waals surface area contributed by atoms with E-state index < -0.39 is 5.97 Å². The van der Waals surface area contributed by atoms with E-state index in [1.807, 2.05) is 37.4 Å². The van der Waals surface area contributed by atoms with E-state index in [-0.39, 0.29) is 30.5 Å². The highest BCUT2D eigenvalue weighted by Crippen LogP contribution is 2.22. The number of rotatable bonds is 13. The Labute approximate surface area is 208 Å². The van der Waals surface area contributed by atoms with Crippen molar-refractivity contribution in [1.82, 2.24) is 4.90 Å². The van der Waals surface area contributed by atoms with Gasteiger partial charge in [-0.2, -0.15) is 0 Å². The SMILES string of the molecule is CN(CCc1ccccc1)C(=O)CSc1ccc(OCC(=O)COc2ccc(C(=O)O)cc2)cc1. The molecule has 0 aromatic heterocycles. The molecule has 0 aliphatic heterocycles. The fraction of sp³-hybridized carbons (Fsp3) is 0.222. The normalized spacial score (nSPS) is 10.4. The molecular weight excluding hydrogens is 466 g/mol. The van der Waals surface area contributed by atoms with Crippen LogP contribution in [-0.4, -0.2) is 60.2 Å². The minimum Gasteiger partial charge on any atom is -0.486 e. The predicted octanol–water partition coefficient (Wildman–Crippen LogP) is 4.20. The lowest BCUT2D eigenvalue weighted by Gasteiger charge is -2.17. The number of Topliss-reactive ketones (excluding diaryl/α,β-unsaturated/α-hetero) is 1. The maximum atomic E-state index is 12.4. The summed E-state index contributed by atoms with van der Waals surface area (Å²) in [7, 11) is 1.81. The van der Waals surface area contributed by atoms with Crippen molar-refractivity contribution in [3.8, 4) is 11.5 Å². The Morgan fingerprint density at radius 1 is 0.829 bits per heavy atom. The lowest BCUT2D eigenvalue weighted by Crippen LogP contribution is -2.30. The monoisotopic (exact) mass is 493 g/mol. The Kier molecular flexibility index (Phi) is 9.74. The number of carbonyl (C=O) groups is 3. The third-order valence-corrected chi connectivity index (χ3v) is 6.09. The number of amides is 1. The second kappa shape index (κ2) is 13.2. The molecule has 3 rings (SSSR count). The summed E-state index contributed by atoms with van der Waals surface area (Å²) in [5.74, 6) is 0.0757. The molecule has 0 radical (unpaired) electrons. The van der Waals surface area contributed by atoms with Crippen molar-refractivity contribution in [2.24, 2.45) is 0 Å². The topological polar surface area (TPSA) is 93.1 Å². The molecule has 0 unspecified atom stereocenters. The number of hydrogen-bond donors (Lipinski definition) is 1. The van der Waals surface area contributed by atoms with Gasteiger partial charge in [0, 0.05) is 18.5 Å². The summed E-state index contributed by atoms with van der Waals surface area (Å²) in [6, 6.07) is 23.1. The Bertz CT molecular complexity index is 1120. The number of hydrogen-bond acceptors (Lipinski definition) is 6. The van der Waals surface area contributed by atoms with Crippen molar-refractivity contribution in [2.45, 2.75) is 11.3 Å². The number of ketones is 1. The molecule has 0 aliphatic carbocycles. The zero-order valence-electron chi connectivity index (χ0n) is 19.4. The molecule has 3 aromatic rings. The van der Waals surface area contributed by atoms with Crippen molar-refractivity contribution in [2.75, 3.05) is 32.6 Å². The molecule has 3 aromatic carbocycles. The summed E-state index contributed by atoms with van der Waals surface area (Å²) in [6.45, 7) is 0.340. The van der Waals surface area contributed by atoms with Crippen LogP contribution in [0.15, 0.2) is 83.8 Å². The standard InChI is InChI=1S/C27H27NO6S/c1-28(16-15-20-5-3-2-4-6-20)26(30)19-35-25-13-11-24(12-14-25)34-18-22(29)17-33-23-9-7-21(8-10-23)27(31)32/h2-14H,15-19H2,1H3,(H,31,32). The molecule has 0 saturated heterocycles. The van der Waals surface area contributed by atoms with Gasteiger partial charge in [0.25, 0.3) is 0 Å². The summed E-state index contributed by atoms with van der Waals surface area (Å²) in [4.78, 5) is 37.9. The first-order valence-electron chi connectivity index (χ1n) is 11.0. The number of nitrogens with zero attached hydrogens (tertiary/aromatic N) is 1. The van der Waals surface area contributed by atoms with Gasteiger partial charge >= 0.3 is 5.97 Å². The van der Waals surface area contributed by atoms with Crippen LogP contribution in [0.25, 0.3) is 0 Å². The number of ether oxygens (including phenoxy) is 2. The zero-order valence-corrected chi connectivity index (χ0v) is 20.2. The van der Waals surface area contributed by atoms with Crippen LogP contribution in [0.2, 0.25) is 0 Å². The fourth-order valence-electron chi connectivity index (χ4n) is 3.02. The average molecular weight is 494 g/mol. The van der Waals surface area contributed by atoms with Gasteiger partial charge in [0.2, 0.25) is 11.7 Å². The van der Waals surface area contributed by atoms with E-state index in [1.54, 1.807) is 17.0 Å². The fourth-order valence-corrected chi connectivity index (χ4v) is 3.86. The molecule has 0 fully saturated rings. The highest BCUT2D eigenvalue weighted by atomic mass is 32.2. The highest BCUT2D eigenvalue weighted by molar-refractivity contribution is 8.00. The largest absolute Gasteiger partial charge is 0.486 e. The van der Waals surface area contributed by atoms with Crippen molar-refractivity contribution >= 4 is 29.4 Å². The van der Waals surface area contributed by atoms with Gasteiger partial charge in [0.15, 0.2) is 0 Å². The predicted molar refractivity (Wildman–Crippen MR) is 134 cm³/mol. The molecule has 0 saturated carbocycles. The third kappa shape index (κ3) is 8.83. The lowest BCUT2D eigenvalue weighted by atomic mass is 10.1. The average Bonchev–Trinajstić information content (AvgIpc) is 2.89. The van der Waals surface area contributed by atoms with Gasteiger partial charge in [-0.3, -0.25) is 9.59 Å². The second-order valence-electron chi connectivity index (χ2n) is 7.76. The molecule has 0 aliphatic rings. The first-order chi connectivity index (χ1) is 16.9. The molecule has 0 bridgehead atoms. The van der Waals surface area contributed by atoms with Gasteiger partial charge in [-0.05, 0) is 60.5 Å². The number of carboxylic acids is 1. The second-order valence-corrected chi connectivity index (χ2v) is 8.81. The van der Waals surface area contributed by atoms with Gasteiger partial charge in [-0.25, -0.2) is 4.79 Å².